The van der Waals surface area contributed by atoms with Gasteiger partial charge in [0.25, 0.3) is 0 Å². The first-order chi connectivity index (χ1) is 9.63. The van der Waals surface area contributed by atoms with Gasteiger partial charge in [0.05, 0.1) is 6.07 Å². The van der Waals surface area contributed by atoms with Gasteiger partial charge in [0.2, 0.25) is 0 Å². The van der Waals surface area contributed by atoms with Gasteiger partial charge in [-0.2, -0.15) is 5.26 Å². The summed E-state index contributed by atoms with van der Waals surface area (Å²) in [4.78, 5) is 23.7. The lowest BCUT2D eigenvalue weighted by atomic mass is 9.93. The standard InChI is InChI=1S/C17H13NO2/c1-12(19)16(11-18)14-8-5-9-15(10-14)17(20)13-6-3-2-4-7-13/h2-10,16H,1H3. The van der Waals surface area contributed by atoms with Crippen molar-refractivity contribution in [2.75, 3.05) is 0 Å². The van der Waals surface area contributed by atoms with Gasteiger partial charge in [0, 0.05) is 11.1 Å². The zero-order valence-electron chi connectivity index (χ0n) is 11.0. The first-order valence-electron chi connectivity index (χ1n) is 6.23. The quantitative estimate of drug-likeness (QED) is 0.796. The Morgan fingerprint density at radius 2 is 1.65 bits per heavy atom. The number of benzene rings is 2. The summed E-state index contributed by atoms with van der Waals surface area (Å²) in [5.74, 6) is -1.16. The molecular weight excluding hydrogens is 250 g/mol. The molecule has 0 spiro atoms. The number of nitriles is 1. The molecule has 0 heterocycles. The van der Waals surface area contributed by atoms with E-state index in [0.717, 1.165) is 0 Å². The third-order valence-corrected chi connectivity index (χ3v) is 3.05. The summed E-state index contributed by atoms with van der Waals surface area (Å²) >= 11 is 0. The van der Waals surface area contributed by atoms with Crippen LogP contribution in [0.5, 0.6) is 0 Å². The minimum Gasteiger partial charge on any atom is -0.298 e. The van der Waals surface area contributed by atoms with Gasteiger partial charge < -0.3 is 0 Å². The molecule has 0 aliphatic carbocycles. The minimum atomic E-state index is -0.821. The number of rotatable bonds is 4. The smallest absolute Gasteiger partial charge is 0.193 e. The Labute approximate surface area is 117 Å². The molecule has 0 saturated carbocycles. The molecule has 0 aliphatic rings. The van der Waals surface area contributed by atoms with E-state index in [4.69, 9.17) is 5.26 Å². The van der Waals surface area contributed by atoms with E-state index in [2.05, 4.69) is 0 Å². The molecule has 20 heavy (non-hydrogen) atoms. The molecule has 3 heteroatoms. The topological polar surface area (TPSA) is 57.9 Å². The van der Waals surface area contributed by atoms with Crippen molar-refractivity contribution in [1.29, 1.82) is 5.26 Å². The van der Waals surface area contributed by atoms with Crippen LogP contribution in [0.1, 0.15) is 34.3 Å². The average Bonchev–Trinajstić information content (AvgIpc) is 2.48. The van der Waals surface area contributed by atoms with Gasteiger partial charge in [-0.05, 0) is 18.6 Å². The molecular formula is C17H13NO2. The Hall–Kier alpha value is -2.73. The molecule has 0 bridgehead atoms. The highest BCUT2D eigenvalue weighted by Gasteiger charge is 2.17. The Morgan fingerprint density at radius 3 is 2.25 bits per heavy atom. The van der Waals surface area contributed by atoms with E-state index in [1.807, 2.05) is 12.1 Å². The maximum Gasteiger partial charge on any atom is 0.193 e. The van der Waals surface area contributed by atoms with Gasteiger partial charge in [-0.1, -0.05) is 48.5 Å². The van der Waals surface area contributed by atoms with Crippen LogP contribution in [-0.4, -0.2) is 11.6 Å². The lowest BCUT2D eigenvalue weighted by Gasteiger charge is -2.07. The number of carbonyl (C=O) groups is 2. The van der Waals surface area contributed by atoms with E-state index in [9.17, 15) is 9.59 Å². The molecule has 2 aromatic carbocycles. The molecule has 2 aromatic rings. The summed E-state index contributed by atoms with van der Waals surface area (Å²) in [5, 5.41) is 9.04. The molecule has 98 valence electrons. The highest BCUT2D eigenvalue weighted by molar-refractivity contribution is 6.09. The van der Waals surface area contributed by atoms with Crippen molar-refractivity contribution in [1.82, 2.24) is 0 Å². The number of hydrogen-bond acceptors (Lipinski definition) is 3. The maximum absolute atomic E-state index is 12.3. The first kappa shape index (κ1) is 13.7. The van der Waals surface area contributed by atoms with Crippen molar-refractivity contribution in [2.45, 2.75) is 12.8 Å². The van der Waals surface area contributed by atoms with Crippen LogP contribution in [0.3, 0.4) is 0 Å². The van der Waals surface area contributed by atoms with Crippen LogP contribution in [0, 0.1) is 11.3 Å². The molecule has 0 saturated heterocycles. The molecule has 2 rings (SSSR count). The molecule has 0 fully saturated rings. The number of nitrogens with zero attached hydrogens (tertiary/aromatic N) is 1. The summed E-state index contributed by atoms with van der Waals surface area (Å²) in [6.07, 6.45) is 0. The number of Topliss-reactive ketones (excluding diaryl/α,β-unsaturated/α-hetero) is 1. The fourth-order valence-corrected chi connectivity index (χ4v) is 2.02. The van der Waals surface area contributed by atoms with Crippen molar-refractivity contribution >= 4 is 11.6 Å². The fraction of sp³-hybridized carbons (Fsp3) is 0.118. The van der Waals surface area contributed by atoms with Crippen molar-refractivity contribution < 1.29 is 9.59 Å². The molecule has 0 aliphatic heterocycles. The summed E-state index contributed by atoms with van der Waals surface area (Å²) in [6.45, 7) is 1.37. The number of ketones is 2. The monoisotopic (exact) mass is 263 g/mol. The van der Waals surface area contributed by atoms with Crippen molar-refractivity contribution in [3.05, 3.63) is 71.3 Å². The van der Waals surface area contributed by atoms with Gasteiger partial charge in [-0.15, -0.1) is 0 Å². The second-order valence-electron chi connectivity index (χ2n) is 4.49. The molecule has 1 unspecified atom stereocenters. The lowest BCUT2D eigenvalue weighted by molar-refractivity contribution is -0.117. The Bertz CT molecular complexity index is 684. The van der Waals surface area contributed by atoms with E-state index in [1.165, 1.54) is 6.92 Å². The zero-order chi connectivity index (χ0) is 14.5. The molecule has 0 radical (unpaired) electrons. The van der Waals surface area contributed by atoms with Crippen molar-refractivity contribution in [3.63, 3.8) is 0 Å². The Morgan fingerprint density at radius 1 is 1.00 bits per heavy atom. The van der Waals surface area contributed by atoms with Gasteiger partial charge in [0.15, 0.2) is 11.6 Å². The number of hydrogen-bond donors (Lipinski definition) is 0. The molecule has 1 atom stereocenters. The number of carbonyl (C=O) groups excluding carboxylic acids is 2. The Kier molecular flexibility index (Phi) is 4.07. The lowest BCUT2D eigenvalue weighted by Crippen LogP contribution is -2.08. The van der Waals surface area contributed by atoms with Crippen molar-refractivity contribution in [3.8, 4) is 6.07 Å². The van der Waals surface area contributed by atoms with E-state index in [-0.39, 0.29) is 11.6 Å². The van der Waals surface area contributed by atoms with Crippen molar-refractivity contribution in [2.24, 2.45) is 0 Å². The van der Waals surface area contributed by atoms with Crippen LogP contribution in [0.25, 0.3) is 0 Å². The molecule has 0 N–H and O–H groups in total. The highest BCUT2D eigenvalue weighted by atomic mass is 16.1. The van der Waals surface area contributed by atoms with Crippen LogP contribution in [0.2, 0.25) is 0 Å². The predicted octanol–water partition coefficient (Wildman–Crippen LogP) is 3.11. The molecule has 0 amide bonds. The van der Waals surface area contributed by atoms with Gasteiger partial charge in [0.1, 0.15) is 5.92 Å². The molecule has 0 aromatic heterocycles. The van der Waals surface area contributed by atoms with E-state index < -0.39 is 5.92 Å². The van der Waals surface area contributed by atoms with Crippen LogP contribution in [0.15, 0.2) is 54.6 Å². The van der Waals surface area contributed by atoms with Crippen LogP contribution >= 0.6 is 0 Å². The fourth-order valence-electron chi connectivity index (χ4n) is 2.02. The summed E-state index contributed by atoms with van der Waals surface area (Å²) in [5.41, 5.74) is 1.62. The van der Waals surface area contributed by atoms with Crippen LogP contribution in [0.4, 0.5) is 0 Å². The minimum absolute atomic E-state index is 0.118. The largest absolute Gasteiger partial charge is 0.298 e. The van der Waals surface area contributed by atoms with Gasteiger partial charge in [-0.3, -0.25) is 9.59 Å². The first-order valence-corrected chi connectivity index (χ1v) is 6.23. The normalized spacial score (nSPS) is 11.4. The summed E-state index contributed by atoms with van der Waals surface area (Å²) in [6, 6.07) is 17.6. The third-order valence-electron chi connectivity index (χ3n) is 3.05. The SMILES string of the molecule is CC(=O)C(C#N)c1cccc(C(=O)c2ccccc2)c1. The third kappa shape index (κ3) is 2.81. The summed E-state index contributed by atoms with van der Waals surface area (Å²) < 4.78 is 0. The maximum atomic E-state index is 12.3. The molecule has 3 nitrogen and oxygen atoms in total. The van der Waals surface area contributed by atoms with Crippen LogP contribution in [-0.2, 0) is 4.79 Å². The second kappa shape index (κ2) is 5.94. The second-order valence-corrected chi connectivity index (χ2v) is 4.49. The Balaban J connectivity index is 2.38. The zero-order valence-corrected chi connectivity index (χ0v) is 11.0. The van der Waals surface area contributed by atoms with Gasteiger partial charge >= 0.3 is 0 Å². The average molecular weight is 263 g/mol. The van der Waals surface area contributed by atoms with Gasteiger partial charge in [-0.25, -0.2) is 0 Å². The van der Waals surface area contributed by atoms with Crippen LogP contribution < -0.4 is 0 Å². The summed E-state index contributed by atoms with van der Waals surface area (Å²) in [7, 11) is 0. The van der Waals surface area contributed by atoms with E-state index in [0.29, 0.717) is 16.7 Å². The predicted molar refractivity (Wildman–Crippen MR) is 75.4 cm³/mol. The van der Waals surface area contributed by atoms with E-state index >= 15 is 0 Å². The van der Waals surface area contributed by atoms with E-state index in [1.54, 1.807) is 48.5 Å². The highest BCUT2D eigenvalue weighted by Crippen LogP contribution is 2.19.